The molecule has 1 heterocycles. The Labute approximate surface area is 102 Å². The monoisotopic (exact) mass is 233 g/mol. The van der Waals surface area contributed by atoms with Gasteiger partial charge in [0.15, 0.2) is 5.78 Å². The average Bonchev–Trinajstić information content (AvgIpc) is 2.51. The van der Waals surface area contributed by atoms with E-state index in [1.165, 1.54) is 0 Å². The maximum atomic E-state index is 11.9. The van der Waals surface area contributed by atoms with Crippen LogP contribution in [-0.2, 0) is 4.74 Å². The third-order valence-electron chi connectivity index (χ3n) is 3.26. The lowest BCUT2D eigenvalue weighted by Gasteiger charge is -2.27. The van der Waals surface area contributed by atoms with Gasteiger partial charge < -0.3 is 9.64 Å². The largest absolute Gasteiger partial charge is 0.380 e. The molecule has 92 valence electrons. The summed E-state index contributed by atoms with van der Waals surface area (Å²) in [7, 11) is 1.72. The number of para-hydroxylation sites is 1. The van der Waals surface area contributed by atoms with Crippen LogP contribution < -0.4 is 4.90 Å². The maximum Gasteiger partial charge on any atom is 0.165 e. The fourth-order valence-corrected chi connectivity index (χ4v) is 2.25. The molecule has 3 nitrogen and oxygen atoms in total. The Kier molecular flexibility index (Phi) is 3.79. The van der Waals surface area contributed by atoms with Crippen molar-refractivity contribution in [2.45, 2.75) is 25.9 Å². The molecule has 1 atom stereocenters. The van der Waals surface area contributed by atoms with Crippen molar-refractivity contribution >= 4 is 11.5 Å². The van der Waals surface area contributed by atoms with Gasteiger partial charge in [0.1, 0.15) is 0 Å². The van der Waals surface area contributed by atoms with Crippen molar-refractivity contribution in [3.05, 3.63) is 29.8 Å². The molecule has 2 rings (SSSR count). The molecule has 0 spiro atoms. The summed E-state index contributed by atoms with van der Waals surface area (Å²) in [5, 5.41) is 0. The van der Waals surface area contributed by atoms with Crippen LogP contribution in [0.3, 0.4) is 0 Å². The molecular formula is C14H19NO2. The number of rotatable bonds is 3. The summed E-state index contributed by atoms with van der Waals surface area (Å²) in [5.74, 6) is 0.258. The molecule has 3 heteroatoms. The van der Waals surface area contributed by atoms with Gasteiger partial charge in [-0.1, -0.05) is 12.1 Å². The van der Waals surface area contributed by atoms with E-state index in [2.05, 4.69) is 11.8 Å². The Morgan fingerprint density at radius 3 is 2.94 bits per heavy atom. The number of hydrogen-bond acceptors (Lipinski definition) is 3. The van der Waals surface area contributed by atoms with Gasteiger partial charge in [-0.15, -0.1) is 0 Å². The number of anilines is 1. The zero-order valence-corrected chi connectivity index (χ0v) is 10.5. The van der Waals surface area contributed by atoms with Gasteiger partial charge in [-0.3, -0.25) is 4.79 Å². The number of Topliss-reactive ketones (excluding diaryl/α,β-unsaturated/α-hetero) is 1. The lowest BCUT2D eigenvalue weighted by Crippen LogP contribution is -2.32. The molecule has 0 aliphatic carbocycles. The van der Waals surface area contributed by atoms with E-state index in [9.17, 15) is 4.79 Å². The Hall–Kier alpha value is -1.35. The van der Waals surface area contributed by atoms with Crippen molar-refractivity contribution in [2.24, 2.45) is 0 Å². The molecule has 0 amide bonds. The molecule has 1 aromatic rings. The molecule has 0 aromatic heterocycles. The van der Waals surface area contributed by atoms with Crippen molar-refractivity contribution in [3.8, 4) is 0 Å². The highest BCUT2D eigenvalue weighted by Gasteiger charge is 2.21. The molecule has 0 saturated heterocycles. The number of fused-ring (bicyclic) bond motifs is 1. The van der Waals surface area contributed by atoms with E-state index >= 15 is 0 Å². The summed E-state index contributed by atoms with van der Waals surface area (Å²) in [6.07, 6.45) is 1.75. The minimum Gasteiger partial charge on any atom is -0.380 e. The SMILES string of the molecule is COC(C)CN1CCCC(=O)c2ccccc21. The van der Waals surface area contributed by atoms with E-state index in [1.54, 1.807) is 7.11 Å². The van der Waals surface area contributed by atoms with Crippen LogP contribution in [0.15, 0.2) is 24.3 Å². The normalized spacial score (nSPS) is 17.5. The van der Waals surface area contributed by atoms with Crippen LogP contribution in [0.2, 0.25) is 0 Å². The highest BCUT2D eigenvalue weighted by molar-refractivity contribution is 6.01. The first-order valence-corrected chi connectivity index (χ1v) is 6.12. The van der Waals surface area contributed by atoms with Crippen molar-refractivity contribution < 1.29 is 9.53 Å². The second-order valence-electron chi connectivity index (χ2n) is 4.54. The highest BCUT2D eigenvalue weighted by Crippen LogP contribution is 2.26. The van der Waals surface area contributed by atoms with Gasteiger partial charge in [-0.25, -0.2) is 0 Å². The van der Waals surface area contributed by atoms with Crippen LogP contribution in [0.4, 0.5) is 5.69 Å². The van der Waals surface area contributed by atoms with E-state index in [0.29, 0.717) is 6.42 Å². The van der Waals surface area contributed by atoms with Crippen LogP contribution in [0, 0.1) is 0 Å². The predicted octanol–water partition coefficient (Wildman–Crippen LogP) is 2.50. The minimum atomic E-state index is 0.177. The summed E-state index contributed by atoms with van der Waals surface area (Å²) >= 11 is 0. The number of benzene rings is 1. The third-order valence-corrected chi connectivity index (χ3v) is 3.26. The number of carbonyl (C=O) groups is 1. The summed E-state index contributed by atoms with van der Waals surface area (Å²) in [5.41, 5.74) is 1.91. The minimum absolute atomic E-state index is 0.177. The second kappa shape index (κ2) is 5.32. The summed E-state index contributed by atoms with van der Waals surface area (Å²) in [6, 6.07) is 7.87. The molecule has 1 aromatic carbocycles. The number of hydrogen-bond donors (Lipinski definition) is 0. The standard InChI is InChI=1S/C14H19NO2/c1-11(17-2)10-15-9-5-8-14(16)12-6-3-4-7-13(12)15/h3-4,6-7,11H,5,8-10H2,1-2H3. The molecule has 0 saturated carbocycles. The van der Waals surface area contributed by atoms with E-state index in [1.807, 2.05) is 24.3 Å². The molecule has 0 bridgehead atoms. The lowest BCUT2D eigenvalue weighted by molar-refractivity contribution is 0.0984. The van der Waals surface area contributed by atoms with Crippen molar-refractivity contribution in [1.29, 1.82) is 0 Å². The summed E-state index contributed by atoms with van der Waals surface area (Å²) in [4.78, 5) is 14.2. The molecular weight excluding hydrogens is 214 g/mol. The van der Waals surface area contributed by atoms with Crippen molar-refractivity contribution in [2.75, 3.05) is 25.1 Å². The van der Waals surface area contributed by atoms with Crippen LogP contribution in [0.1, 0.15) is 30.1 Å². The van der Waals surface area contributed by atoms with E-state index in [4.69, 9.17) is 4.74 Å². The molecule has 0 fully saturated rings. The maximum absolute atomic E-state index is 11.9. The van der Waals surface area contributed by atoms with E-state index in [-0.39, 0.29) is 11.9 Å². The number of carbonyl (C=O) groups excluding carboxylic acids is 1. The van der Waals surface area contributed by atoms with Crippen molar-refractivity contribution in [3.63, 3.8) is 0 Å². The fourth-order valence-electron chi connectivity index (χ4n) is 2.25. The predicted molar refractivity (Wildman–Crippen MR) is 68.7 cm³/mol. The average molecular weight is 233 g/mol. The quantitative estimate of drug-likeness (QED) is 0.803. The number of methoxy groups -OCH3 is 1. The van der Waals surface area contributed by atoms with E-state index in [0.717, 1.165) is 30.8 Å². The lowest BCUT2D eigenvalue weighted by atomic mass is 10.1. The van der Waals surface area contributed by atoms with Crippen LogP contribution in [0.25, 0.3) is 0 Å². The van der Waals surface area contributed by atoms with Gasteiger partial charge in [-0.05, 0) is 25.5 Å². The van der Waals surface area contributed by atoms with Gasteiger partial charge in [0.05, 0.1) is 6.10 Å². The van der Waals surface area contributed by atoms with Crippen LogP contribution in [-0.4, -0.2) is 32.1 Å². The molecule has 0 radical (unpaired) electrons. The second-order valence-corrected chi connectivity index (χ2v) is 4.54. The topological polar surface area (TPSA) is 29.5 Å². The van der Waals surface area contributed by atoms with Crippen molar-refractivity contribution in [1.82, 2.24) is 0 Å². The first kappa shape index (κ1) is 12.1. The molecule has 0 N–H and O–H groups in total. The first-order chi connectivity index (χ1) is 8.22. The first-order valence-electron chi connectivity index (χ1n) is 6.12. The van der Waals surface area contributed by atoms with Gasteiger partial charge in [0.2, 0.25) is 0 Å². The molecule has 1 aliphatic rings. The van der Waals surface area contributed by atoms with Gasteiger partial charge in [-0.2, -0.15) is 0 Å². The molecule has 17 heavy (non-hydrogen) atoms. The smallest absolute Gasteiger partial charge is 0.165 e. The van der Waals surface area contributed by atoms with Crippen LogP contribution >= 0.6 is 0 Å². The van der Waals surface area contributed by atoms with E-state index < -0.39 is 0 Å². The fraction of sp³-hybridized carbons (Fsp3) is 0.500. The Morgan fingerprint density at radius 2 is 2.18 bits per heavy atom. The Morgan fingerprint density at radius 1 is 1.41 bits per heavy atom. The Balaban J connectivity index is 2.28. The van der Waals surface area contributed by atoms with Gasteiger partial charge in [0.25, 0.3) is 0 Å². The summed E-state index contributed by atoms with van der Waals surface area (Å²) < 4.78 is 5.31. The van der Waals surface area contributed by atoms with Gasteiger partial charge in [0, 0.05) is 37.9 Å². The number of ether oxygens (including phenoxy) is 1. The van der Waals surface area contributed by atoms with Gasteiger partial charge >= 0.3 is 0 Å². The Bertz CT molecular complexity index is 403. The highest BCUT2D eigenvalue weighted by atomic mass is 16.5. The molecule has 1 unspecified atom stereocenters. The molecule has 1 aliphatic heterocycles. The third kappa shape index (κ3) is 2.67. The van der Waals surface area contributed by atoms with Crippen LogP contribution in [0.5, 0.6) is 0 Å². The number of ketones is 1. The zero-order chi connectivity index (χ0) is 12.3. The summed E-state index contributed by atoms with van der Waals surface area (Å²) in [6.45, 7) is 3.81. The zero-order valence-electron chi connectivity index (χ0n) is 10.5. The number of nitrogens with zero attached hydrogens (tertiary/aromatic N) is 1.